The van der Waals surface area contributed by atoms with Gasteiger partial charge in [-0.25, -0.2) is 4.39 Å². The standard InChI is InChI=1S/C17H28FN3/c1-4-9-19-12-14-7-8-17(16(18)11-14)21(3)15-6-5-10-20(2)13-15/h7-8,11,15,19H,4-6,9-10,12-13H2,1-3H3. The maximum atomic E-state index is 14.4. The molecule has 118 valence electrons. The Morgan fingerprint density at radius 3 is 2.90 bits per heavy atom. The van der Waals surface area contributed by atoms with Crippen molar-refractivity contribution in [3.05, 3.63) is 29.6 Å². The Labute approximate surface area is 128 Å². The molecule has 1 fully saturated rings. The van der Waals surface area contributed by atoms with Gasteiger partial charge in [0.2, 0.25) is 0 Å². The number of piperidine rings is 1. The highest BCUT2D eigenvalue weighted by molar-refractivity contribution is 5.49. The van der Waals surface area contributed by atoms with Crippen LogP contribution in [0.2, 0.25) is 0 Å². The van der Waals surface area contributed by atoms with Gasteiger partial charge < -0.3 is 15.1 Å². The van der Waals surface area contributed by atoms with Crippen LogP contribution in [0, 0.1) is 5.82 Å². The van der Waals surface area contributed by atoms with E-state index in [4.69, 9.17) is 0 Å². The highest BCUT2D eigenvalue weighted by atomic mass is 19.1. The smallest absolute Gasteiger partial charge is 0.146 e. The number of anilines is 1. The summed E-state index contributed by atoms with van der Waals surface area (Å²) < 4.78 is 14.4. The Hall–Kier alpha value is -1.13. The maximum absolute atomic E-state index is 14.4. The molecule has 2 rings (SSSR count). The summed E-state index contributed by atoms with van der Waals surface area (Å²) in [5, 5.41) is 3.31. The molecule has 0 bridgehead atoms. The third-order valence-electron chi connectivity index (χ3n) is 4.30. The van der Waals surface area contributed by atoms with Crippen LogP contribution >= 0.6 is 0 Å². The topological polar surface area (TPSA) is 18.5 Å². The van der Waals surface area contributed by atoms with E-state index in [9.17, 15) is 4.39 Å². The van der Waals surface area contributed by atoms with Gasteiger partial charge in [0, 0.05) is 26.2 Å². The van der Waals surface area contributed by atoms with Crippen molar-refractivity contribution in [1.82, 2.24) is 10.2 Å². The van der Waals surface area contributed by atoms with Crippen LogP contribution in [-0.4, -0.2) is 44.7 Å². The predicted octanol–water partition coefficient (Wildman–Crippen LogP) is 2.86. The molecule has 1 heterocycles. The fraction of sp³-hybridized carbons (Fsp3) is 0.647. The molecule has 1 aromatic rings. The number of benzene rings is 1. The SMILES string of the molecule is CCCNCc1ccc(N(C)C2CCCN(C)C2)c(F)c1. The van der Waals surface area contributed by atoms with Gasteiger partial charge in [-0.15, -0.1) is 0 Å². The van der Waals surface area contributed by atoms with Crippen LogP contribution in [0.1, 0.15) is 31.7 Å². The van der Waals surface area contributed by atoms with Gasteiger partial charge in [-0.05, 0) is 57.1 Å². The second-order valence-corrected chi connectivity index (χ2v) is 6.13. The van der Waals surface area contributed by atoms with Gasteiger partial charge in [-0.1, -0.05) is 13.0 Å². The normalized spacial score (nSPS) is 19.7. The van der Waals surface area contributed by atoms with E-state index in [-0.39, 0.29) is 5.82 Å². The van der Waals surface area contributed by atoms with E-state index >= 15 is 0 Å². The van der Waals surface area contributed by atoms with Crippen LogP contribution in [0.15, 0.2) is 18.2 Å². The van der Waals surface area contributed by atoms with E-state index < -0.39 is 0 Å². The molecule has 1 aromatic carbocycles. The van der Waals surface area contributed by atoms with Crippen LogP contribution in [0.4, 0.5) is 10.1 Å². The number of rotatable bonds is 6. The second-order valence-electron chi connectivity index (χ2n) is 6.13. The van der Waals surface area contributed by atoms with E-state index in [0.29, 0.717) is 6.04 Å². The monoisotopic (exact) mass is 293 g/mol. The zero-order valence-corrected chi connectivity index (χ0v) is 13.5. The third kappa shape index (κ3) is 4.42. The summed E-state index contributed by atoms with van der Waals surface area (Å²) >= 11 is 0. The molecule has 1 aliphatic rings. The zero-order chi connectivity index (χ0) is 15.2. The largest absolute Gasteiger partial charge is 0.368 e. The van der Waals surface area contributed by atoms with Crippen molar-refractivity contribution in [3.8, 4) is 0 Å². The number of nitrogens with one attached hydrogen (secondary N) is 1. The minimum absolute atomic E-state index is 0.110. The summed E-state index contributed by atoms with van der Waals surface area (Å²) in [6, 6.07) is 6.03. The van der Waals surface area contributed by atoms with E-state index in [1.54, 1.807) is 6.07 Å². The molecule has 1 saturated heterocycles. The molecule has 0 aromatic heterocycles. The zero-order valence-electron chi connectivity index (χ0n) is 13.5. The molecule has 0 amide bonds. The average molecular weight is 293 g/mol. The summed E-state index contributed by atoms with van der Waals surface area (Å²) in [5.41, 5.74) is 1.73. The van der Waals surface area contributed by atoms with Crippen LogP contribution in [-0.2, 0) is 6.54 Å². The molecule has 4 heteroatoms. The average Bonchev–Trinajstić information content (AvgIpc) is 2.47. The first-order chi connectivity index (χ1) is 10.1. The fourth-order valence-electron chi connectivity index (χ4n) is 3.01. The highest BCUT2D eigenvalue weighted by Gasteiger charge is 2.22. The van der Waals surface area contributed by atoms with Gasteiger partial charge in [0.15, 0.2) is 0 Å². The van der Waals surface area contributed by atoms with Crippen LogP contribution in [0.5, 0.6) is 0 Å². The minimum Gasteiger partial charge on any atom is -0.368 e. The van der Waals surface area contributed by atoms with Crippen molar-refractivity contribution in [2.45, 2.75) is 38.8 Å². The van der Waals surface area contributed by atoms with Crippen molar-refractivity contribution in [3.63, 3.8) is 0 Å². The molecule has 0 saturated carbocycles. The number of likely N-dealkylation sites (N-methyl/N-ethyl adjacent to an activating group) is 2. The van der Waals surface area contributed by atoms with Gasteiger partial charge in [-0.3, -0.25) is 0 Å². The first-order valence-corrected chi connectivity index (χ1v) is 8.02. The molecule has 1 N–H and O–H groups in total. The quantitative estimate of drug-likeness (QED) is 0.814. The first-order valence-electron chi connectivity index (χ1n) is 8.02. The molecular formula is C17H28FN3. The molecular weight excluding hydrogens is 265 g/mol. The van der Waals surface area contributed by atoms with Gasteiger partial charge in [0.1, 0.15) is 5.82 Å². The van der Waals surface area contributed by atoms with Crippen LogP contribution < -0.4 is 10.2 Å². The molecule has 0 aliphatic carbocycles. The van der Waals surface area contributed by atoms with E-state index in [0.717, 1.165) is 50.3 Å². The predicted molar refractivity (Wildman–Crippen MR) is 87.3 cm³/mol. The van der Waals surface area contributed by atoms with Crippen molar-refractivity contribution in [2.24, 2.45) is 0 Å². The van der Waals surface area contributed by atoms with Gasteiger partial charge >= 0.3 is 0 Å². The fourth-order valence-corrected chi connectivity index (χ4v) is 3.01. The summed E-state index contributed by atoms with van der Waals surface area (Å²) in [5.74, 6) is -0.110. The lowest BCUT2D eigenvalue weighted by atomic mass is 10.0. The Morgan fingerprint density at radius 1 is 1.43 bits per heavy atom. The number of hydrogen-bond acceptors (Lipinski definition) is 3. The molecule has 21 heavy (non-hydrogen) atoms. The molecule has 3 nitrogen and oxygen atoms in total. The molecule has 0 spiro atoms. The van der Waals surface area contributed by atoms with Crippen molar-refractivity contribution in [1.29, 1.82) is 0 Å². The molecule has 1 aliphatic heterocycles. The number of hydrogen-bond donors (Lipinski definition) is 1. The summed E-state index contributed by atoms with van der Waals surface area (Å²) in [6.07, 6.45) is 3.42. The lowest BCUT2D eigenvalue weighted by Crippen LogP contribution is -2.45. The Bertz CT molecular complexity index is 450. The van der Waals surface area contributed by atoms with Gasteiger partial charge in [0.25, 0.3) is 0 Å². The van der Waals surface area contributed by atoms with E-state index in [1.165, 1.54) is 6.42 Å². The number of likely N-dealkylation sites (tertiary alicyclic amines) is 1. The van der Waals surface area contributed by atoms with Crippen LogP contribution in [0.25, 0.3) is 0 Å². The maximum Gasteiger partial charge on any atom is 0.146 e. The Kier molecular flexibility index (Phi) is 6.00. The Morgan fingerprint density at radius 2 is 2.24 bits per heavy atom. The number of nitrogens with zero attached hydrogens (tertiary/aromatic N) is 2. The Balaban J connectivity index is 2.02. The first kappa shape index (κ1) is 16.2. The van der Waals surface area contributed by atoms with Gasteiger partial charge in [-0.2, -0.15) is 0 Å². The van der Waals surface area contributed by atoms with Gasteiger partial charge in [0.05, 0.1) is 5.69 Å². The lowest BCUT2D eigenvalue weighted by Gasteiger charge is -2.37. The highest BCUT2D eigenvalue weighted by Crippen LogP contribution is 2.24. The summed E-state index contributed by atoms with van der Waals surface area (Å²) in [6.45, 7) is 6.00. The lowest BCUT2D eigenvalue weighted by molar-refractivity contribution is 0.247. The molecule has 1 atom stereocenters. The molecule has 0 radical (unpaired) electrons. The van der Waals surface area contributed by atoms with Crippen molar-refractivity contribution < 1.29 is 4.39 Å². The van der Waals surface area contributed by atoms with E-state index in [1.807, 2.05) is 19.2 Å². The summed E-state index contributed by atoms with van der Waals surface area (Å²) in [7, 11) is 4.15. The van der Waals surface area contributed by atoms with E-state index in [2.05, 4.69) is 29.1 Å². The minimum atomic E-state index is -0.110. The van der Waals surface area contributed by atoms with Crippen LogP contribution in [0.3, 0.4) is 0 Å². The number of halogens is 1. The van der Waals surface area contributed by atoms with Crippen molar-refractivity contribution >= 4 is 5.69 Å². The third-order valence-corrected chi connectivity index (χ3v) is 4.30. The second kappa shape index (κ2) is 7.76. The molecule has 1 unspecified atom stereocenters. The summed E-state index contributed by atoms with van der Waals surface area (Å²) in [4.78, 5) is 4.43. The van der Waals surface area contributed by atoms with Crippen molar-refractivity contribution in [2.75, 3.05) is 38.6 Å².